The first-order valence-electron chi connectivity index (χ1n) is 6.34. The molecule has 3 nitrogen and oxygen atoms in total. The molecule has 1 amide bonds. The number of amides is 1. The van der Waals surface area contributed by atoms with Crippen molar-refractivity contribution < 1.29 is 4.79 Å². The van der Waals surface area contributed by atoms with Crippen LogP contribution < -0.4 is 5.32 Å². The van der Waals surface area contributed by atoms with Crippen LogP contribution in [0.5, 0.6) is 0 Å². The molecule has 0 aliphatic heterocycles. The molecule has 1 fully saturated rings. The first-order valence-corrected chi connectivity index (χ1v) is 7.46. The van der Waals surface area contributed by atoms with Gasteiger partial charge in [-0.2, -0.15) is 0 Å². The van der Waals surface area contributed by atoms with E-state index in [4.69, 9.17) is 0 Å². The Morgan fingerprint density at radius 1 is 1.44 bits per heavy atom. The van der Waals surface area contributed by atoms with Crippen LogP contribution in [0.25, 0.3) is 0 Å². The number of hydrogen-bond donors (Lipinski definition) is 1. The normalized spacial score (nSPS) is 15.4. The third kappa shape index (κ3) is 5.85. The van der Waals surface area contributed by atoms with Gasteiger partial charge in [0, 0.05) is 30.9 Å². The maximum atomic E-state index is 11.4. The largest absolute Gasteiger partial charge is 0.355 e. The van der Waals surface area contributed by atoms with Gasteiger partial charge in [0.05, 0.1) is 0 Å². The molecule has 94 valence electrons. The molecule has 0 aromatic carbocycles. The van der Waals surface area contributed by atoms with Gasteiger partial charge < -0.3 is 5.32 Å². The summed E-state index contributed by atoms with van der Waals surface area (Å²) >= 11 is 3.37. The number of unbranched alkanes of at least 4 members (excludes halogenated alkanes) is 1. The van der Waals surface area contributed by atoms with E-state index in [1.807, 2.05) is 0 Å². The molecule has 0 radical (unpaired) electrons. The number of alkyl halides is 1. The summed E-state index contributed by atoms with van der Waals surface area (Å²) in [5, 5.41) is 3.98. The monoisotopic (exact) mass is 290 g/mol. The van der Waals surface area contributed by atoms with E-state index in [-0.39, 0.29) is 5.91 Å². The second-order valence-electron chi connectivity index (χ2n) is 4.36. The van der Waals surface area contributed by atoms with E-state index in [0.717, 1.165) is 43.8 Å². The molecule has 0 spiro atoms. The number of rotatable bonds is 9. The fraction of sp³-hybridized carbons (Fsp3) is 0.917. The number of nitrogens with zero attached hydrogens (tertiary/aromatic N) is 1. The number of carbonyl (C=O) groups is 1. The van der Waals surface area contributed by atoms with Crippen LogP contribution in [0.4, 0.5) is 0 Å². The number of carbonyl (C=O) groups excluding carboxylic acids is 1. The average molecular weight is 291 g/mol. The summed E-state index contributed by atoms with van der Waals surface area (Å²) in [7, 11) is 0. The second kappa shape index (κ2) is 8.07. The Kier molecular flexibility index (Phi) is 7.05. The van der Waals surface area contributed by atoms with Crippen molar-refractivity contribution in [3.8, 4) is 0 Å². The Morgan fingerprint density at radius 2 is 2.19 bits per heavy atom. The molecule has 1 saturated carbocycles. The summed E-state index contributed by atoms with van der Waals surface area (Å²) < 4.78 is 0. The van der Waals surface area contributed by atoms with Crippen molar-refractivity contribution >= 4 is 21.8 Å². The predicted octanol–water partition coefficient (Wildman–Crippen LogP) is 2.15. The van der Waals surface area contributed by atoms with Crippen LogP contribution in [-0.2, 0) is 4.79 Å². The summed E-state index contributed by atoms with van der Waals surface area (Å²) in [4.78, 5) is 13.9. The lowest BCUT2D eigenvalue weighted by Gasteiger charge is -2.19. The van der Waals surface area contributed by atoms with Crippen molar-refractivity contribution in [1.82, 2.24) is 10.2 Å². The Hall–Kier alpha value is -0.0900. The van der Waals surface area contributed by atoms with E-state index in [1.165, 1.54) is 12.8 Å². The molecule has 0 unspecified atom stereocenters. The smallest absolute Gasteiger partial charge is 0.220 e. The standard InChI is InChI=1S/C12H23BrN2O/c1-2-15(11-6-7-11)10-9-14-12(16)5-3-4-8-13/h11H,2-10H2,1H3,(H,14,16). The van der Waals surface area contributed by atoms with Crippen LogP contribution in [0, 0.1) is 0 Å². The molecule has 16 heavy (non-hydrogen) atoms. The van der Waals surface area contributed by atoms with E-state index in [0.29, 0.717) is 6.42 Å². The first kappa shape index (κ1) is 14.0. The average Bonchev–Trinajstić information content (AvgIpc) is 3.09. The van der Waals surface area contributed by atoms with E-state index < -0.39 is 0 Å². The predicted molar refractivity (Wildman–Crippen MR) is 70.9 cm³/mol. The Balaban J connectivity index is 1.98. The minimum absolute atomic E-state index is 0.202. The molecule has 4 heteroatoms. The Morgan fingerprint density at radius 3 is 2.75 bits per heavy atom. The zero-order valence-corrected chi connectivity index (χ0v) is 11.8. The maximum Gasteiger partial charge on any atom is 0.220 e. The third-order valence-electron chi connectivity index (χ3n) is 2.98. The quantitative estimate of drug-likeness (QED) is 0.521. The minimum atomic E-state index is 0.202. The second-order valence-corrected chi connectivity index (χ2v) is 5.15. The SMILES string of the molecule is CCN(CCNC(=O)CCCCBr)C1CC1. The van der Waals surface area contributed by atoms with Crippen molar-refractivity contribution in [3.05, 3.63) is 0 Å². The highest BCUT2D eigenvalue weighted by molar-refractivity contribution is 9.09. The lowest BCUT2D eigenvalue weighted by atomic mass is 10.2. The van der Waals surface area contributed by atoms with E-state index in [1.54, 1.807) is 0 Å². The van der Waals surface area contributed by atoms with Gasteiger partial charge in [0.2, 0.25) is 5.91 Å². The fourth-order valence-electron chi connectivity index (χ4n) is 1.85. The van der Waals surface area contributed by atoms with Crippen LogP contribution in [0.1, 0.15) is 39.0 Å². The molecule has 0 heterocycles. The van der Waals surface area contributed by atoms with Gasteiger partial charge in [-0.05, 0) is 32.2 Å². The summed E-state index contributed by atoms with van der Waals surface area (Å²) in [6, 6.07) is 0.801. The highest BCUT2D eigenvalue weighted by Crippen LogP contribution is 2.25. The van der Waals surface area contributed by atoms with Crippen molar-refractivity contribution in [2.24, 2.45) is 0 Å². The first-order chi connectivity index (χ1) is 7.77. The van der Waals surface area contributed by atoms with Crippen molar-refractivity contribution in [1.29, 1.82) is 0 Å². The molecule has 0 aromatic heterocycles. The number of hydrogen-bond acceptors (Lipinski definition) is 2. The minimum Gasteiger partial charge on any atom is -0.355 e. The Labute approximate surface area is 107 Å². The molecule has 1 rings (SSSR count). The van der Waals surface area contributed by atoms with Gasteiger partial charge in [-0.15, -0.1) is 0 Å². The van der Waals surface area contributed by atoms with Crippen LogP contribution in [0.15, 0.2) is 0 Å². The van der Waals surface area contributed by atoms with Crippen molar-refractivity contribution in [3.63, 3.8) is 0 Å². The summed E-state index contributed by atoms with van der Waals surface area (Å²) in [5.74, 6) is 0.202. The molecular weight excluding hydrogens is 268 g/mol. The van der Waals surface area contributed by atoms with Crippen LogP contribution in [-0.4, -0.2) is 41.8 Å². The topological polar surface area (TPSA) is 32.3 Å². The zero-order valence-electron chi connectivity index (χ0n) is 10.2. The number of likely N-dealkylation sites (N-methyl/N-ethyl adjacent to an activating group) is 1. The lowest BCUT2D eigenvalue weighted by Crippen LogP contribution is -2.36. The molecule has 1 aliphatic rings. The van der Waals surface area contributed by atoms with Gasteiger partial charge >= 0.3 is 0 Å². The van der Waals surface area contributed by atoms with Crippen molar-refractivity contribution in [2.75, 3.05) is 25.0 Å². The van der Waals surface area contributed by atoms with Crippen molar-refractivity contribution in [2.45, 2.75) is 45.1 Å². The molecule has 0 bridgehead atoms. The lowest BCUT2D eigenvalue weighted by molar-refractivity contribution is -0.121. The zero-order chi connectivity index (χ0) is 11.8. The highest BCUT2D eigenvalue weighted by atomic mass is 79.9. The molecule has 0 atom stereocenters. The van der Waals surface area contributed by atoms with E-state index >= 15 is 0 Å². The van der Waals surface area contributed by atoms with Gasteiger partial charge in [-0.3, -0.25) is 9.69 Å². The van der Waals surface area contributed by atoms with Crippen LogP contribution >= 0.6 is 15.9 Å². The van der Waals surface area contributed by atoms with Gasteiger partial charge in [0.1, 0.15) is 0 Å². The molecule has 1 N–H and O–H groups in total. The van der Waals surface area contributed by atoms with Crippen LogP contribution in [0.3, 0.4) is 0 Å². The van der Waals surface area contributed by atoms with Crippen LogP contribution in [0.2, 0.25) is 0 Å². The van der Waals surface area contributed by atoms with E-state index in [2.05, 4.69) is 33.1 Å². The Bertz CT molecular complexity index is 207. The molecule has 0 aromatic rings. The van der Waals surface area contributed by atoms with Gasteiger partial charge in [0.25, 0.3) is 0 Å². The summed E-state index contributed by atoms with van der Waals surface area (Å²) in [6.45, 7) is 5.10. The summed E-state index contributed by atoms with van der Waals surface area (Å²) in [5.41, 5.74) is 0. The molecule has 0 saturated heterocycles. The van der Waals surface area contributed by atoms with Gasteiger partial charge in [0.15, 0.2) is 0 Å². The third-order valence-corrected chi connectivity index (χ3v) is 3.54. The number of nitrogens with one attached hydrogen (secondary N) is 1. The highest BCUT2D eigenvalue weighted by Gasteiger charge is 2.27. The van der Waals surface area contributed by atoms with Gasteiger partial charge in [-0.25, -0.2) is 0 Å². The fourth-order valence-corrected chi connectivity index (χ4v) is 2.24. The summed E-state index contributed by atoms with van der Waals surface area (Å²) in [6.07, 6.45) is 5.41. The van der Waals surface area contributed by atoms with Gasteiger partial charge in [-0.1, -0.05) is 22.9 Å². The molecule has 1 aliphatic carbocycles. The van der Waals surface area contributed by atoms with E-state index in [9.17, 15) is 4.79 Å². The molecular formula is C12H23BrN2O. The maximum absolute atomic E-state index is 11.4. The number of halogens is 1.